The van der Waals surface area contributed by atoms with Crippen molar-refractivity contribution in [1.82, 2.24) is 4.57 Å². The first kappa shape index (κ1) is 17.3. The summed E-state index contributed by atoms with van der Waals surface area (Å²) in [5, 5.41) is 0. The van der Waals surface area contributed by atoms with Gasteiger partial charge in [-0.15, -0.1) is 0 Å². The second-order valence-electron chi connectivity index (χ2n) is 6.51. The van der Waals surface area contributed by atoms with Gasteiger partial charge in [0.05, 0.1) is 0 Å². The largest absolute Gasteiger partial charge is 0.354 e. The average Bonchev–Trinajstić information content (AvgIpc) is 2.75. The zero-order valence-corrected chi connectivity index (χ0v) is 13.8. The number of nitrogens with zero attached hydrogens (tertiary/aromatic N) is 1. The standard InChI is InChI=1S/C18H32FN/c1-5-7-9-11-13-18(3,12-10-8-6-2)16-14-20(4)15-17(16)19/h14-15H,5-13H2,1-4H3. The zero-order chi connectivity index (χ0) is 15.0. The van der Waals surface area contributed by atoms with Crippen molar-refractivity contribution in [3.63, 3.8) is 0 Å². The van der Waals surface area contributed by atoms with Gasteiger partial charge in [0.1, 0.15) is 5.82 Å². The third-order valence-electron chi connectivity index (χ3n) is 4.47. The fourth-order valence-corrected chi connectivity index (χ4v) is 3.10. The Balaban J connectivity index is 2.74. The molecule has 0 spiro atoms. The molecule has 0 radical (unpaired) electrons. The summed E-state index contributed by atoms with van der Waals surface area (Å²) in [7, 11) is 1.91. The van der Waals surface area contributed by atoms with Gasteiger partial charge in [-0.3, -0.25) is 0 Å². The summed E-state index contributed by atoms with van der Waals surface area (Å²) in [4.78, 5) is 0. The molecule has 0 amide bonds. The quantitative estimate of drug-likeness (QED) is 0.465. The van der Waals surface area contributed by atoms with Crippen LogP contribution in [0.1, 0.15) is 84.1 Å². The first-order chi connectivity index (χ1) is 9.53. The van der Waals surface area contributed by atoms with Crippen LogP contribution in [0, 0.1) is 5.82 Å². The molecule has 1 aromatic rings. The van der Waals surface area contributed by atoms with Crippen molar-refractivity contribution < 1.29 is 4.39 Å². The molecule has 0 saturated heterocycles. The highest BCUT2D eigenvalue weighted by atomic mass is 19.1. The lowest BCUT2D eigenvalue weighted by Gasteiger charge is -2.29. The number of halogens is 1. The summed E-state index contributed by atoms with van der Waals surface area (Å²) in [5.74, 6) is -0.0259. The molecule has 1 heterocycles. The Morgan fingerprint density at radius 2 is 1.50 bits per heavy atom. The first-order valence-corrected chi connectivity index (χ1v) is 8.35. The van der Waals surface area contributed by atoms with Crippen LogP contribution >= 0.6 is 0 Å². The second kappa shape index (κ2) is 8.49. The maximum absolute atomic E-state index is 14.2. The van der Waals surface area contributed by atoms with E-state index in [4.69, 9.17) is 0 Å². The van der Waals surface area contributed by atoms with E-state index in [1.807, 2.05) is 17.8 Å². The van der Waals surface area contributed by atoms with Gasteiger partial charge in [0.2, 0.25) is 0 Å². The van der Waals surface area contributed by atoms with Gasteiger partial charge in [0, 0.05) is 25.0 Å². The Kier molecular flexibility index (Phi) is 7.32. The third kappa shape index (κ3) is 4.96. The van der Waals surface area contributed by atoms with Crippen LogP contribution in [0.4, 0.5) is 4.39 Å². The predicted octanol–water partition coefficient (Wildman–Crippen LogP) is 5.97. The molecule has 20 heavy (non-hydrogen) atoms. The Hall–Kier alpha value is -0.790. The minimum atomic E-state index is -0.0259. The summed E-state index contributed by atoms with van der Waals surface area (Å²) >= 11 is 0. The molecule has 1 unspecified atom stereocenters. The summed E-state index contributed by atoms with van der Waals surface area (Å²) < 4.78 is 16.0. The van der Waals surface area contributed by atoms with Crippen molar-refractivity contribution in [2.75, 3.05) is 0 Å². The van der Waals surface area contributed by atoms with E-state index in [9.17, 15) is 4.39 Å². The molecule has 1 nitrogen and oxygen atoms in total. The van der Waals surface area contributed by atoms with E-state index in [2.05, 4.69) is 20.8 Å². The van der Waals surface area contributed by atoms with E-state index in [1.165, 1.54) is 44.9 Å². The van der Waals surface area contributed by atoms with Crippen LogP contribution in [-0.4, -0.2) is 4.57 Å². The Bertz CT molecular complexity index is 383. The molecule has 1 atom stereocenters. The number of hydrogen-bond donors (Lipinski definition) is 0. The molecule has 0 N–H and O–H groups in total. The smallest absolute Gasteiger partial charge is 0.144 e. The molecule has 0 aliphatic rings. The molecule has 0 bridgehead atoms. The molecule has 0 fully saturated rings. The summed E-state index contributed by atoms with van der Waals surface area (Å²) in [6.45, 7) is 6.71. The monoisotopic (exact) mass is 281 g/mol. The molecular formula is C18H32FN. The van der Waals surface area contributed by atoms with Gasteiger partial charge in [-0.2, -0.15) is 0 Å². The highest BCUT2D eigenvalue weighted by Gasteiger charge is 2.29. The van der Waals surface area contributed by atoms with Crippen LogP contribution in [0.5, 0.6) is 0 Å². The lowest BCUT2D eigenvalue weighted by atomic mass is 9.75. The highest BCUT2D eigenvalue weighted by molar-refractivity contribution is 5.23. The lowest BCUT2D eigenvalue weighted by Crippen LogP contribution is -2.23. The minimum absolute atomic E-state index is 0.00819. The van der Waals surface area contributed by atoms with Gasteiger partial charge < -0.3 is 4.57 Å². The number of unbranched alkanes of at least 4 members (excludes halogenated alkanes) is 5. The van der Waals surface area contributed by atoms with E-state index in [0.29, 0.717) is 0 Å². The lowest BCUT2D eigenvalue weighted by molar-refractivity contribution is 0.354. The molecule has 1 aromatic heterocycles. The average molecular weight is 281 g/mol. The van der Waals surface area contributed by atoms with Gasteiger partial charge in [-0.1, -0.05) is 65.7 Å². The van der Waals surface area contributed by atoms with E-state index in [1.54, 1.807) is 6.20 Å². The summed E-state index contributed by atoms with van der Waals surface area (Å²) in [6, 6.07) is 0. The molecule has 1 rings (SSSR count). The van der Waals surface area contributed by atoms with E-state index in [-0.39, 0.29) is 11.2 Å². The topological polar surface area (TPSA) is 4.93 Å². The van der Waals surface area contributed by atoms with Crippen LogP contribution in [-0.2, 0) is 12.5 Å². The molecule has 0 saturated carbocycles. The fourth-order valence-electron chi connectivity index (χ4n) is 3.10. The van der Waals surface area contributed by atoms with Crippen molar-refractivity contribution >= 4 is 0 Å². The third-order valence-corrected chi connectivity index (χ3v) is 4.47. The molecule has 0 aromatic carbocycles. The maximum Gasteiger partial charge on any atom is 0.144 e. The van der Waals surface area contributed by atoms with Crippen LogP contribution in [0.2, 0.25) is 0 Å². The number of hydrogen-bond acceptors (Lipinski definition) is 0. The van der Waals surface area contributed by atoms with Gasteiger partial charge in [0.25, 0.3) is 0 Å². The predicted molar refractivity (Wildman–Crippen MR) is 85.6 cm³/mol. The number of rotatable bonds is 10. The number of aryl methyl sites for hydroxylation is 1. The van der Waals surface area contributed by atoms with Crippen LogP contribution in [0.3, 0.4) is 0 Å². The van der Waals surface area contributed by atoms with Gasteiger partial charge in [0.15, 0.2) is 0 Å². The number of aromatic nitrogens is 1. The van der Waals surface area contributed by atoms with Gasteiger partial charge >= 0.3 is 0 Å². The van der Waals surface area contributed by atoms with Gasteiger partial charge in [-0.05, 0) is 18.3 Å². The second-order valence-corrected chi connectivity index (χ2v) is 6.51. The van der Waals surface area contributed by atoms with E-state index < -0.39 is 0 Å². The minimum Gasteiger partial charge on any atom is -0.354 e. The molecule has 0 aliphatic heterocycles. The molecular weight excluding hydrogens is 249 g/mol. The van der Waals surface area contributed by atoms with Crippen molar-refractivity contribution in [3.05, 3.63) is 23.8 Å². The Labute approximate surface area is 124 Å². The molecule has 116 valence electrons. The zero-order valence-electron chi connectivity index (χ0n) is 13.8. The Morgan fingerprint density at radius 3 is 2.00 bits per heavy atom. The normalized spacial score (nSPS) is 14.4. The Morgan fingerprint density at radius 1 is 0.950 bits per heavy atom. The van der Waals surface area contributed by atoms with Crippen molar-refractivity contribution in [2.24, 2.45) is 7.05 Å². The van der Waals surface area contributed by atoms with Crippen molar-refractivity contribution in [2.45, 2.75) is 84.0 Å². The molecule has 2 heteroatoms. The van der Waals surface area contributed by atoms with E-state index in [0.717, 1.165) is 18.4 Å². The highest BCUT2D eigenvalue weighted by Crippen LogP contribution is 2.37. The maximum atomic E-state index is 14.2. The van der Waals surface area contributed by atoms with Crippen LogP contribution in [0.25, 0.3) is 0 Å². The first-order valence-electron chi connectivity index (χ1n) is 8.35. The van der Waals surface area contributed by atoms with Crippen molar-refractivity contribution in [1.29, 1.82) is 0 Å². The van der Waals surface area contributed by atoms with Crippen LogP contribution < -0.4 is 0 Å². The van der Waals surface area contributed by atoms with E-state index >= 15 is 0 Å². The van der Waals surface area contributed by atoms with Gasteiger partial charge in [-0.25, -0.2) is 4.39 Å². The van der Waals surface area contributed by atoms with Crippen molar-refractivity contribution in [3.8, 4) is 0 Å². The summed E-state index contributed by atoms with van der Waals surface area (Å²) in [5.41, 5.74) is 0.932. The summed E-state index contributed by atoms with van der Waals surface area (Å²) in [6.07, 6.45) is 14.5. The SMILES string of the molecule is CCCCCCC(C)(CCCCC)c1cn(C)cc1F. The molecule has 0 aliphatic carbocycles. The van der Waals surface area contributed by atoms with Crippen LogP contribution in [0.15, 0.2) is 12.4 Å². The fraction of sp³-hybridized carbons (Fsp3) is 0.778.